The Hall–Kier alpha value is -1.67. The number of sulfonamides is 1. The molecule has 2 heterocycles. The first-order valence-electron chi connectivity index (χ1n) is 7.62. The van der Waals surface area contributed by atoms with E-state index in [1.165, 1.54) is 0 Å². The van der Waals surface area contributed by atoms with E-state index < -0.39 is 16.1 Å². The van der Waals surface area contributed by atoms with Gasteiger partial charge in [-0.1, -0.05) is 0 Å². The first-order valence-corrected chi connectivity index (χ1v) is 9.51. The summed E-state index contributed by atoms with van der Waals surface area (Å²) in [5.41, 5.74) is 3.07. The molecule has 0 radical (unpaired) electrons. The number of carbonyl (C=O) groups excluding carboxylic acids is 1. The Morgan fingerprint density at radius 1 is 1.17 bits per heavy atom. The van der Waals surface area contributed by atoms with Gasteiger partial charge in [-0.2, -0.15) is 0 Å². The smallest absolute Gasteiger partial charge is 0.240 e. The number of aryl methyl sites for hydroxylation is 2. The van der Waals surface area contributed by atoms with Crippen LogP contribution in [0, 0.1) is 13.8 Å². The number of aromatic nitrogens is 1. The number of hydrogen-bond acceptors (Lipinski definition) is 5. The van der Waals surface area contributed by atoms with Gasteiger partial charge in [0.2, 0.25) is 15.9 Å². The van der Waals surface area contributed by atoms with E-state index in [-0.39, 0.29) is 5.91 Å². The van der Waals surface area contributed by atoms with Crippen molar-refractivity contribution in [1.82, 2.24) is 14.6 Å². The number of nitrogens with zero attached hydrogens (tertiary/aromatic N) is 3. The number of anilines is 1. The molecule has 2 rings (SSSR count). The lowest BCUT2D eigenvalue weighted by Gasteiger charge is -2.37. The van der Waals surface area contributed by atoms with Crippen LogP contribution < -0.4 is 9.62 Å². The van der Waals surface area contributed by atoms with Crippen LogP contribution in [0.2, 0.25) is 0 Å². The van der Waals surface area contributed by atoms with Crippen molar-refractivity contribution in [2.45, 2.75) is 26.8 Å². The monoisotopic (exact) mass is 340 g/mol. The zero-order valence-electron chi connectivity index (χ0n) is 14.0. The fourth-order valence-corrected chi connectivity index (χ4v) is 3.57. The van der Waals surface area contributed by atoms with Crippen LogP contribution in [0.4, 0.5) is 5.69 Å². The molecule has 1 unspecified atom stereocenters. The molecule has 1 saturated heterocycles. The van der Waals surface area contributed by atoms with Gasteiger partial charge in [-0.15, -0.1) is 0 Å². The molecule has 1 N–H and O–H groups in total. The zero-order chi connectivity index (χ0) is 17.2. The predicted molar refractivity (Wildman–Crippen MR) is 89.9 cm³/mol. The molecule has 23 heavy (non-hydrogen) atoms. The number of carbonyl (C=O) groups is 1. The van der Waals surface area contributed by atoms with Crippen molar-refractivity contribution in [3.8, 4) is 0 Å². The van der Waals surface area contributed by atoms with Crippen molar-refractivity contribution in [2.24, 2.45) is 0 Å². The molecule has 0 spiro atoms. The Kier molecular flexibility index (Phi) is 5.26. The summed E-state index contributed by atoms with van der Waals surface area (Å²) >= 11 is 0. The van der Waals surface area contributed by atoms with E-state index in [4.69, 9.17) is 0 Å². The number of hydrogen-bond donors (Lipinski definition) is 1. The van der Waals surface area contributed by atoms with Crippen LogP contribution in [-0.2, 0) is 14.8 Å². The van der Waals surface area contributed by atoms with Crippen LogP contribution in [0.15, 0.2) is 12.1 Å². The maximum Gasteiger partial charge on any atom is 0.240 e. The second-order valence-corrected chi connectivity index (χ2v) is 7.81. The van der Waals surface area contributed by atoms with Crippen molar-refractivity contribution < 1.29 is 13.2 Å². The van der Waals surface area contributed by atoms with Crippen molar-refractivity contribution in [3.63, 3.8) is 0 Å². The fourth-order valence-electron chi connectivity index (χ4n) is 2.83. The number of amides is 1. The van der Waals surface area contributed by atoms with Gasteiger partial charge >= 0.3 is 0 Å². The van der Waals surface area contributed by atoms with Crippen LogP contribution in [0.5, 0.6) is 0 Å². The van der Waals surface area contributed by atoms with Gasteiger partial charge in [-0.05, 0) is 32.9 Å². The molecule has 0 saturated carbocycles. The average molecular weight is 340 g/mol. The highest BCUT2D eigenvalue weighted by Crippen LogP contribution is 2.18. The summed E-state index contributed by atoms with van der Waals surface area (Å²) in [5, 5.41) is 0. The number of pyridine rings is 1. The van der Waals surface area contributed by atoms with Crippen molar-refractivity contribution >= 4 is 21.6 Å². The van der Waals surface area contributed by atoms with Gasteiger partial charge in [-0.3, -0.25) is 9.78 Å². The number of rotatable bonds is 4. The molecule has 0 aromatic carbocycles. The van der Waals surface area contributed by atoms with Crippen molar-refractivity contribution in [2.75, 3.05) is 37.3 Å². The summed E-state index contributed by atoms with van der Waals surface area (Å²) in [6, 6.07) is 3.35. The summed E-state index contributed by atoms with van der Waals surface area (Å²) in [6.45, 7) is 8.11. The summed E-state index contributed by atoms with van der Waals surface area (Å²) in [7, 11) is -3.39. The molecule has 8 heteroatoms. The highest BCUT2D eigenvalue weighted by atomic mass is 32.2. The average Bonchev–Trinajstić information content (AvgIpc) is 2.44. The molecule has 128 valence electrons. The fraction of sp³-hybridized carbons (Fsp3) is 0.600. The predicted octanol–water partition coefficient (Wildman–Crippen LogP) is 0.285. The maximum absolute atomic E-state index is 12.3. The van der Waals surface area contributed by atoms with Crippen LogP contribution in [0.25, 0.3) is 0 Å². The third-order valence-electron chi connectivity index (χ3n) is 3.78. The van der Waals surface area contributed by atoms with Gasteiger partial charge in [-0.25, -0.2) is 13.1 Å². The third-order valence-corrected chi connectivity index (χ3v) is 4.57. The molecule has 7 nitrogen and oxygen atoms in total. The van der Waals surface area contributed by atoms with Gasteiger partial charge in [0, 0.05) is 43.3 Å². The van der Waals surface area contributed by atoms with E-state index in [1.807, 2.05) is 26.0 Å². The minimum absolute atomic E-state index is 0.183. The lowest BCUT2D eigenvalue weighted by atomic mass is 10.2. The molecular formula is C15H24N4O3S. The van der Waals surface area contributed by atoms with E-state index in [1.54, 1.807) is 11.8 Å². The van der Waals surface area contributed by atoms with Crippen molar-refractivity contribution in [3.05, 3.63) is 23.5 Å². The minimum atomic E-state index is -3.39. The zero-order valence-corrected chi connectivity index (χ0v) is 14.9. The Bertz CT molecular complexity index is 662. The normalized spacial score (nSPS) is 17.2. The van der Waals surface area contributed by atoms with E-state index in [0.29, 0.717) is 13.1 Å². The Morgan fingerprint density at radius 2 is 1.70 bits per heavy atom. The Morgan fingerprint density at radius 3 is 2.17 bits per heavy atom. The van der Waals surface area contributed by atoms with Crippen LogP contribution in [-0.4, -0.2) is 62.7 Å². The third kappa shape index (κ3) is 4.90. The van der Waals surface area contributed by atoms with E-state index >= 15 is 0 Å². The SMILES string of the molecule is Cc1cc(N2CCN(C(=O)C(C)NS(C)(=O)=O)CC2)cc(C)n1. The minimum Gasteiger partial charge on any atom is -0.368 e. The maximum atomic E-state index is 12.3. The van der Waals surface area contributed by atoms with E-state index in [2.05, 4.69) is 14.6 Å². The molecule has 1 aliphatic heterocycles. The van der Waals surface area contributed by atoms with Crippen LogP contribution >= 0.6 is 0 Å². The highest BCUT2D eigenvalue weighted by molar-refractivity contribution is 7.88. The largest absolute Gasteiger partial charge is 0.368 e. The first-order chi connectivity index (χ1) is 10.7. The molecule has 1 fully saturated rings. The summed E-state index contributed by atoms with van der Waals surface area (Å²) < 4.78 is 24.8. The first kappa shape index (κ1) is 17.7. The number of piperazine rings is 1. The number of nitrogens with one attached hydrogen (secondary N) is 1. The van der Waals surface area contributed by atoms with E-state index in [9.17, 15) is 13.2 Å². The van der Waals surface area contributed by atoms with Gasteiger partial charge in [0.05, 0.1) is 12.3 Å². The summed E-state index contributed by atoms with van der Waals surface area (Å²) in [5.74, 6) is -0.183. The molecular weight excluding hydrogens is 316 g/mol. The lowest BCUT2D eigenvalue weighted by molar-refractivity contribution is -0.132. The molecule has 1 aromatic rings. The Labute approximate surface area is 137 Å². The quantitative estimate of drug-likeness (QED) is 0.852. The molecule has 0 aliphatic carbocycles. The van der Waals surface area contributed by atoms with Crippen LogP contribution in [0.1, 0.15) is 18.3 Å². The highest BCUT2D eigenvalue weighted by Gasteiger charge is 2.26. The molecule has 1 aliphatic rings. The topological polar surface area (TPSA) is 82.6 Å². The van der Waals surface area contributed by atoms with Gasteiger partial charge < -0.3 is 9.80 Å². The van der Waals surface area contributed by atoms with Gasteiger partial charge in [0.1, 0.15) is 0 Å². The Balaban J connectivity index is 1.96. The molecule has 0 bridgehead atoms. The van der Waals surface area contributed by atoms with Crippen LogP contribution in [0.3, 0.4) is 0 Å². The second-order valence-electron chi connectivity index (χ2n) is 6.03. The van der Waals surface area contributed by atoms with Gasteiger partial charge in [0.25, 0.3) is 0 Å². The standard InChI is InChI=1S/C15H24N4O3S/c1-11-9-14(10-12(2)16-11)18-5-7-19(8-6-18)15(20)13(3)17-23(4,21)22/h9-10,13,17H,5-8H2,1-4H3. The molecule has 1 amide bonds. The second kappa shape index (κ2) is 6.84. The lowest BCUT2D eigenvalue weighted by Crippen LogP contribution is -2.54. The van der Waals surface area contributed by atoms with E-state index in [0.717, 1.165) is 36.4 Å². The summed E-state index contributed by atoms with van der Waals surface area (Å²) in [4.78, 5) is 20.6. The van der Waals surface area contributed by atoms with Gasteiger partial charge in [0.15, 0.2) is 0 Å². The van der Waals surface area contributed by atoms with Crippen molar-refractivity contribution in [1.29, 1.82) is 0 Å². The molecule has 1 aromatic heterocycles. The molecule has 1 atom stereocenters. The summed E-state index contributed by atoms with van der Waals surface area (Å²) in [6.07, 6.45) is 1.06.